The molecule has 0 aliphatic heterocycles. The number of nitriles is 2. The van der Waals surface area contributed by atoms with Crippen LogP contribution in [0.2, 0.25) is 0 Å². The molecule has 92 valence electrons. The maximum atomic E-state index is 9.22. The van der Waals surface area contributed by atoms with Crippen molar-refractivity contribution in [1.29, 1.82) is 10.5 Å². The first-order valence-electron chi connectivity index (χ1n) is 4.13. The van der Waals surface area contributed by atoms with Crippen LogP contribution in [0.25, 0.3) is 0 Å². The Labute approximate surface area is 98.8 Å². The molecule has 0 unspecified atom stereocenters. The summed E-state index contributed by atoms with van der Waals surface area (Å²) in [5.74, 6) is 0. The minimum Gasteiger partial charge on any atom is -0.726 e. The van der Waals surface area contributed by atoms with Crippen molar-refractivity contribution in [3.05, 3.63) is 17.7 Å². The van der Waals surface area contributed by atoms with Gasteiger partial charge in [-0.25, -0.2) is 17.6 Å². The van der Waals surface area contributed by atoms with Crippen LogP contribution in [0.4, 0.5) is 0 Å². The fourth-order valence-electron chi connectivity index (χ4n) is 0.973. The average Bonchev–Trinajstić information content (AvgIpc) is 2.52. The summed E-state index contributed by atoms with van der Waals surface area (Å²) >= 11 is 0. The first-order valence-corrected chi connectivity index (χ1v) is 5.46. The van der Waals surface area contributed by atoms with Crippen LogP contribution in [0.3, 0.4) is 0 Å². The zero-order valence-corrected chi connectivity index (χ0v) is 10.2. The van der Waals surface area contributed by atoms with Gasteiger partial charge in [0.25, 0.3) is 11.4 Å². The standard InChI is InChI=1S/C7H7N4.CH4O4S/c1-10-5-11(2)7(4-9)6(10)3-8;1-5-6(2,3)4/h5H,1-2H3;1H3,(H,2,3,4)/q+1;/p-1. The predicted molar refractivity (Wildman–Crippen MR) is 52.7 cm³/mol. The molecule has 1 rings (SSSR count). The molecule has 0 aromatic carbocycles. The van der Waals surface area contributed by atoms with Crippen LogP contribution < -0.4 is 4.57 Å². The second-order valence-electron chi connectivity index (χ2n) is 2.83. The molecule has 0 N–H and O–H groups in total. The lowest BCUT2D eigenvalue weighted by Crippen LogP contribution is -2.28. The van der Waals surface area contributed by atoms with E-state index in [4.69, 9.17) is 10.5 Å². The number of hydrogen-bond donors (Lipinski definition) is 0. The normalized spacial score (nSPS) is 9.76. The van der Waals surface area contributed by atoms with Crippen molar-refractivity contribution in [2.45, 2.75) is 0 Å². The zero-order valence-electron chi connectivity index (χ0n) is 9.41. The minimum absolute atomic E-state index is 0.398. The second-order valence-corrected chi connectivity index (χ2v) is 3.98. The van der Waals surface area contributed by atoms with E-state index in [1.54, 1.807) is 29.6 Å². The molecule has 0 bridgehead atoms. The summed E-state index contributed by atoms with van der Waals surface area (Å²) in [7, 11) is -0.133. The van der Waals surface area contributed by atoms with E-state index in [-0.39, 0.29) is 0 Å². The van der Waals surface area contributed by atoms with Crippen LogP contribution in [0.15, 0.2) is 6.33 Å². The first-order chi connectivity index (χ1) is 7.76. The third kappa shape index (κ3) is 4.61. The molecule has 17 heavy (non-hydrogen) atoms. The summed E-state index contributed by atoms with van der Waals surface area (Å²) in [6.45, 7) is 0. The van der Waals surface area contributed by atoms with E-state index in [1.807, 2.05) is 12.1 Å². The lowest BCUT2D eigenvalue weighted by molar-refractivity contribution is -0.673. The average molecular weight is 258 g/mol. The molecule has 0 fully saturated rings. The summed E-state index contributed by atoms with van der Waals surface area (Å²) in [5, 5.41) is 17.2. The van der Waals surface area contributed by atoms with Crippen molar-refractivity contribution in [3.8, 4) is 12.1 Å². The highest BCUT2D eigenvalue weighted by Gasteiger charge is 2.17. The summed E-state index contributed by atoms with van der Waals surface area (Å²) in [6.07, 6.45) is 1.69. The van der Waals surface area contributed by atoms with E-state index in [1.165, 1.54) is 0 Å². The van der Waals surface area contributed by atoms with Crippen molar-refractivity contribution in [2.24, 2.45) is 14.1 Å². The lowest BCUT2D eigenvalue weighted by Gasteiger charge is -1.98. The topological polar surface area (TPSA) is 123 Å². The molecular formula is C8H10N4O4S. The number of imidazole rings is 1. The smallest absolute Gasteiger partial charge is 0.263 e. The Hall–Kier alpha value is -1.94. The Balaban J connectivity index is 0.000000366. The van der Waals surface area contributed by atoms with Crippen LogP contribution >= 0.6 is 0 Å². The number of nitrogens with zero attached hydrogens (tertiary/aromatic N) is 4. The number of aryl methyl sites for hydroxylation is 2. The SMILES string of the molecule is COS(=O)(=O)[O-].Cn1c[n+](C)c(C#N)c1C#N. The highest BCUT2D eigenvalue weighted by Crippen LogP contribution is 1.98. The minimum atomic E-state index is -4.41. The molecule has 0 aliphatic rings. The van der Waals surface area contributed by atoms with Crippen LogP contribution in [-0.2, 0) is 28.7 Å². The Morgan fingerprint density at radius 1 is 1.47 bits per heavy atom. The monoisotopic (exact) mass is 258 g/mol. The van der Waals surface area contributed by atoms with Gasteiger partial charge < -0.3 is 4.55 Å². The molecule has 0 radical (unpaired) electrons. The van der Waals surface area contributed by atoms with Gasteiger partial charge in [-0.1, -0.05) is 0 Å². The van der Waals surface area contributed by atoms with E-state index >= 15 is 0 Å². The van der Waals surface area contributed by atoms with Gasteiger partial charge in [0.2, 0.25) is 16.7 Å². The van der Waals surface area contributed by atoms with Crippen LogP contribution in [0, 0.1) is 22.7 Å². The van der Waals surface area contributed by atoms with Gasteiger partial charge in [0, 0.05) is 0 Å². The molecule has 1 heterocycles. The predicted octanol–water partition coefficient (Wildman–Crippen LogP) is -1.31. The fourth-order valence-corrected chi connectivity index (χ4v) is 0.973. The fraction of sp³-hybridized carbons (Fsp3) is 0.375. The van der Waals surface area contributed by atoms with Crippen LogP contribution in [0.1, 0.15) is 11.4 Å². The van der Waals surface area contributed by atoms with Gasteiger partial charge in [-0.15, -0.1) is 0 Å². The molecule has 8 nitrogen and oxygen atoms in total. The molecule has 9 heteroatoms. The highest BCUT2D eigenvalue weighted by molar-refractivity contribution is 7.80. The van der Waals surface area contributed by atoms with Gasteiger partial charge in [-0.05, 0) is 0 Å². The van der Waals surface area contributed by atoms with Crippen molar-refractivity contribution >= 4 is 10.4 Å². The molecular weight excluding hydrogens is 248 g/mol. The number of aromatic nitrogens is 2. The van der Waals surface area contributed by atoms with Gasteiger partial charge in [0.05, 0.1) is 21.2 Å². The zero-order chi connectivity index (χ0) is 13.6. The first kappa shape index (κ1) is 15.1. The number of hydrogen-bond acceptors (Lipinski definition) is 6. The summed E-state index contributed by atoms with van der Waals surface area (Å²) < 4.78 is 34.3. The van der Waals surface area contributed by atoms with E-state index in [9.17, 15) is 13.0 Å². The Bertz CT molecular complexity index is 541. The van der Waals surface area contributed by atoms with Crippen LogP contribution in [0.5, 0.6) is 0 Å². The molecule has 1 aromatic rings. The van der Waals surface area contributed by atoms with Crippen LogP contribution in [-0.4, -0.2) is 24.6 Å². The van der Waals surface area contributed by atoms with E-state index in [2.05, 4.69) is 4.18 Å². The van der Waals surface area contributed by atoms with Gasteiger partial charge >= 0.3 is 0 Å². The summed E-state index contributed by atoms with van der Waals surface area (Å²) in [4.78, 5) is 0. The molecule has 0 atom stereocenters. The molecule has 1 aromatic heterocycles. The van der Waals surface area contributed by atoms with Gasteiger partial charge in [-0.3, -0.25) is 4.18 Å². The van der Waals surface area contributed by atoms with Crippen molar-refractivity contribution < 1.29 is 21.7 Å². The van der Waals surface area contributed by atoms with Gasteiger partial charge in [0.1, 0.15) is 12.1 Å². The highest BCUT2D eigenvalue weighted by atomic mass is 32.3. The molecule has 0 amide bonds. The van der Waals surface area contributed by atoms with Gasteiger partial charge in [0.15, 0.2) is 0 Å². The molecule has 0 saturated carbocycles. The lowest BCUT2D eigenvalue weighted by atomic mass is 10.3. The van der Waals surface area contributed by atoms with E-state index in [0.717, 1.165) is 7.11 Å². The third-order valence-electron chi connectivity index (χ3n) is 1.69. The summed E-state index contributed by atoms with van der Waals surface area (Å²) in [5.41, 5.74) is 0.796. The maximum absolute atomic E-state index is 9.22. The quantitative estimate of drug-likeness (QED) is 0.350. The van der Waals surface area contributed by atoms with E-state index < -0.39 is 10.4 Å². The Morgan fingerprint density at radius 3 is 2.18 bits per heavy atom. The van der Waals surface area contributed by atoms with Gasteiger partial charge in [-0.2, -0.15) is 10.5 Å². The molecule has 0 spiro atoms. The van der Waals surface area contributed by atoms with Crippen molar-refractivity contribution in [2.75, 3.05) is 7.11 Å². The Morgan fingerprint density at radius 2 is 1.94 bits per heavy atom. The molecule has 0 saturated heterocycles. The summed E-state index contributed by atoms with van der Waals surface area (Å²) in [6, 6.07) is 3.91. The number of rotatable bonds is 1. The largest absolute Gasteiger partial charge is 0.726 e. The maximum Gasteiger partial charge on any atom is 0.263 e. The van der Waals surface area contributed by atoms with Crippen molar-refractivity contribution in [1.82, 2.24) is 4.57 Å². The Kier molecular flexibility index (Phi) is 5.28. The van der Waals surface area contributed by atoms with E-state index in [0.29, 0.717) is 11.4 Å². The molecule has 0 aliphatic carbocycles. The third-order valence-corrected chi connectivity index (χ3v) is 2.10. The second kappa shape index (κ2) is 5.96. The van der Waals surface area contributed by atoms with Crippen molar-refractivity contribution in [3.63, 3.8) is 0 Å².